The molecule has 1 atom stereocenters. The van der Waals surface area contributed by atoms with Crippen LogP contribution in [0.1, 0.15) is 30.1 Å². The maximum absolute atomic E-state index is 12.1. The van der Waals surface area contributed by atoms with Crippen molar-refractivity contribution >= 4 is 5.91 Å². The fraction of sp³-hybridized carbons (Fsp3) is 0.533. The zero-order valence-electron chi connectivity index (χ0n) is 12.4. The molecule has 112 valence electrons. The van der Waals surface area contributed by atoms with Gasteiger partial charge in [-0.3, -0.25) is 4.79 Å². The lowest BCUT2D eigenvalue weighted by atomic mass is 10.1. The SMILES string of the molecule is COc1ccc(OC)c(C(=O)NCCCC(C)CN)c1. The van der Waals surface area contributed by atoms with Gasteiger partial charge < -0.3 is 20.5 Å². The first kappa shape index (κ1) is 16.3. The van der Waals surface area contributed by atoms with E-state index in [1.807, 2.05) is 0 Å². The fourth-order valence-corrected chi connectivity index (χ4v) is 1.86. The van der Waals surface area contributed by atoms with Gasteiger partial charge in [0.25, 0.3) is 5.91 Å². The number of ether oxygens (including phenoxy) is 2. The van der Waals surface area contributed by atoms with Crippen LogP contribution in [-0.4, -0.2) is 33.2 Å². The van der Waals surface area contributed by atoms with Crippen LogP contribution < -0.4 is 20.5 Å². The van der Waals surface area contributed by atoms with Crippen molar-refractivity contribution < 1.29 is 14.3 Å². The van der Waals surface area contributed by atoms with Gasteiger partial charge in [-0.2, -0.15) is 0 Å². The minimum atomic E-state index is -0.152. The molecule has 20 heavy (non-hydrogen) atoms. The molecule has 3 N–H and O–H groups in total. The first-order chi connectivity index (χ1) is 9.62. The van der Waals surface area contributed by atoms with Crippen LogP contribution in [0.3, 0.4) is 0 Å². The summed E-state index contributed by atoms with van der Waals surface area (Å²) >= 11 is 0. The molecule has 1 unspecified atom stereocenters. The Hall–Kier alpha value is -1.75. The van der Waals surface area contributed by atoms with Gasteiger partial charge in [0.05, 0.1) is 19.8 Å². The largest absolute Gasteiger partial charge is 0.497 e. The Morgan fingerprint density at radius 1 is 1.35 bits per heavy atom. The van der Waals surface area contributed by atoms with Crippen LogP contribution in [-0.2, 0) is 0 Å². The minimum Gasteiger partial charge on any atom is -0.497 e. The van der Waals surface area contributed by atoms with Gasteiger partial charge in [0.15, 0.2) is 0 Å². The lowest BCUT2D eigenvalue weighted by Crippen LogP contribution is -2.25. The predicted octanol–water partition coefficient (Wildman–Crippen LogP) is 1.81. The number of carbonyl (C=O) groups is 1. The lowest BCUT2D eigenvalue weighted by Gasteiger charge is -2.12. The average Bonchev–Trinajstić information content (AvgIpc) is 2.50. The first-order valence-electron chi connectivity index (χ1n) is 6.82. The summed E-state index contributed by atoms with van der Waals surface area (Å²) in [5, 5.41) is 2.89. The summed E-state index contributed by atoms with van der Waals surface area (Å²) < 4.78 is 10.3. The minimum absolute atomic E-state index is 0.152. The van der Waals surface area contributed by atoms with Gasteiger partial charge in [0, 0.05) is 6.54 Å². The highest BCUT2D eigenvalue weighted by Gasteiger charge is 2.13. The summed E-state index contributed by atoms with van der Waals surface area (Å²) in [7, 11) is 3.11. The third-order valence-electron chi connectivity index (χ3n) is 3.21. The van der Waals surface area contributed by atoms with Crippen molar-refractivity contribution in [3.05, 3.63) is 23.8 Å². The lowest BCUT2D eigenvalue weighted by molar-refractivity contribution is 0.0949. The number of nitrogens with one attached hydrogen (secondary N) is 1. The van der Waals surface area contributed by atoms with Crippen LogP contribution >= 0.6 is 0 Å². The highest BCUT2D eigenvalue weighted by molar-refractivity contribution is 5.97. The van der Waals surface area contributed by atoms with E-state index in [1.165, 1.54) is 0 Å². The van der Waals surface area contributed by atoms with Crippen molar-refractivity contribution in [1.82, 2.24) is 5.32 Å². The molecule has 0 bridgehead atoms. The third kappa shape index (κ3) is 4.74. The zero-order valence-corrected chi connectivity index (χ0v) is 12.4. The molecule has 0 aromatic heterocycles. The van der Waals surface area contributed by atoms with E-state index in [9.17, 15) is 4.79 Å². The highest BCUT2D eigenvalue weighted by atomic mass is 16.5. The van der Waals surface area contributed by atoms with Crippen molar-refractivity contribution in [3.8, 4) is 11.5 Å². The molecule has 1 rings (SSSR count). The van der Waals surface area contributed by atoms with Crippen molar-refractivity contribution in [3.63, 3.8) is 0 Å². The molecule has 1 aromatic carbocycles. The van der Waals surface area contributed by atoms with Gasteiger partial charge in [0.2, 0.25) is 0 Å². The van der Waals surface area contributed by atoms with Crippen molar-refractivity contribution in [1.29, 1.82) is 0 Å². The van der Waals surface area contributed by atoms with Gasteiger partial charge in [-0.25, -0.2) is 0 Å². The number of hydrogen-bond acceptors (Lipinski definition) is 4. The number of nitrogens with two attached hydrogens (primary N) is 1. The molecule has 0 saturated heterocycles. The average molecular weight is 280 g/mol. The molecule has 0 aliphatic rings. The number of methoxy groups -OCH3 is 2. The number of rotatable bonds is 8. The summed E-state index contributed by atoms with van der Waals surface area (Å²) in [4.78, 5) is 12.1. The topological polar surface area (TPSA) is 73.6 Å². The summed E-state index contributed by atoms with van der Waals surface area (Å²) in [6, 6.07) is 5.17. The number of carbonyl (C=O) groups excluding carboxylic acids is 1. The standard InChI is InChI=1S/C15H24N2O3/c1-11(10-16)5-4-8-17-15(18)13-9-12(19-2)6-7-14(13)20-3/h6-7,9,11H,4-5,8,10,16H2,1-3H3,(H,17,18). The molecule has 0 heterocycles. The van der Waals surface area contributed by atoms with Crippen molar-refractivity contribution in [2.24, 2.45) is 11.7 Å². The monoisotopic (exact) mass is 280 g/mol. The number of hydrogen-bond donors (Lipinski definition) is 2. The molecule has 0 spiro atoms. The molecule has 0 saturated carbocycles. The van der Waals surface area contributed by atoms with Crippen LogP contribution in [0.2, 0.25) is 0 Å². The Morgan fingerprint density at radius 3 is 2.70 bits per heavy atom. The second kappa shape index (κ2) is 8.43. The highest BCUT2D eigenvalue weighted by Crippen LogP contribution is 2.23. The van der Waals surface area contributed by atoms with Crippen LogP contribution in [0.15, 0.2) is 18.2 Å². The van der Waals surface area contributed by atoms with Crippen molar-refractivity contribution in [2.45, 2.75) is 19.8 Å². The summed E-state index contributed by atoms with van der Waals surface area (Å²) in [6.45, 7) is 3.41. The predicted molar refractivity (Wildman–Crippen MR) is 79.3 cm³/mol. The van der Waals surface area contributed by atoms with Crippen LogP contribution in [0, 0.1) is 5.92 Å². The van der Waals surface area contributed by atoms with Crippen LogP contribution in [0.5, 0.6) is 11.5 Å². The number of benzene rings is 1. The van der Waals surface area contributed by atoms with Gasteiger partial charge in [-0.1, -0.05) is 6.92 Å². The maximum Gasteiger partial charge on any atom is 0.255 e. The zero-order chi connectivity index (χ0) is 15.0. The third-order valence-corrected chi connectivity index (χ3v) is 3.21. The fourth-order valence-electron chi connectivity index (χ4n) is 1.86. The van der Waals surface area contributed by atoms with Crippen molar-refractivity contribution in [2.75, 3.05) is 27.3 Å². The second-order valence-electron chi connectivity index (χ2n) is 4.81. The molecule has 0 radical (unpaired) electrons. The van der Waals surface area contributed by atoms with E-state index < -0.39 is 0 Å². The molecular weight excluding hydrogens is 256 g/mol. The van der Waals surface area contributed by atoms with Gasteiger partial charge >= 0.3 is 0 Å². The molecular formula is C15H24N2O3. The summed E-state index contributed by atoms with van der Waals surface area (Å²) in [5.74, 6) is 1.51. The number of amides is 1. The second-order valence-corrected chi connectivity index (χ2v) is 4.81. The van der Waals surface area contributed by atoms with E-state index in [0.29, 0.717) is 36.1 Å². The molecule has 1 aromatic rings. The normalized spacial score (nSPS) is 11.8. The molecule has 0 aliphatic heterocycles. The Bertz CT molecular complexity index is 435. The van der Waals surface area contributed by atoms with E-state index in [2.05, 4.69) is 12.2 Å². The Balaban J connectivity index is 2.58. The Labute approximate surface area is 120 Å². The molecule has 5 nitrogen and oxygen atoms in total. The van der Waals surface area contributed by atoms with Gasteiger partial charge in [-0.05, 0) is 43.5 Å². The van der Waals surface area contributed by atoms with E-state index in [-0.39, 0.29) is 5.91 Å². The quantitative estimate of drug-likeness (QED) is 0.712. The molecule has 0 aliphatic carbocycles. The van der Waals surface area contributed by atoms with Gasteiger partial charge in [0.1, 0.15) is 11.5 Å². The first-order valence-corrected chi connectivity index (χ1v) is 6.82. The smallest absolute Gasteiger partial charge is 0.255 e. The summed E-state index contributed by atoms with van der Waals surface area (Å²) in [6.07, 6.45) is 1.92. The molecule has 1 amide bonds. The molecule has 5 heteroatoms. The van der Waals surface area contributed by atoms with Crippen LogP contribution in [0.4, 0.5) is 0 Å². The van der Waals surface area contributed by atoms with E-state index in [1.54, 1.807) is 32.4 Å². The molecule has 0 fully saturated rings. The van der Waals surface area contributed by atoms with E-state index >= 15 is 0 Å². The van der Waals surface area contributed by atoms with Crippen LogP contribution in [0.25, 0.3) is 0 Å². The Morgan fingerprint density at radius 2 is 2.10 bits per heavy atom. The Kier molecular flexibility index (Phi) is 6.87. The van der Waals surface area contributed by atoms with Gasteiger partial charge in [-0.15, -0.1) is 0 Å². The van der Waals surface area contributed by atoms with E-state index in [0.717, 1.165) is 12.8 Å². The summed E-state index contributed by atoms with van der Waals surface area (Å²) in [5.41, 5.74) is 6.04. The van der Waals surface area contributed by atoms with E-state index in [4.69, 9.17) is 15.2 Å². The maximum atomic E-state index is 12.1.